The van der Waals surface area contributed by atoms with E-state index in [1.807, 2.05) is 0 Å². The van der Waals surface area contributed by atoms with Crippen LogP contribution in [0.2, 0.25) is 0 Å². The third-order valence-electron chi connectivity index (χ3n) is 2.88. The third kappa shape index (κ3) is 2.65. The molecule has 0 aliphatic carbocycles. The summed E-state index contributed by atoms with van der Waals surface area (Å²) in [6, 6.07) is 6.73. The molecule has 0 aromatic heterocycles. The molecule has 0 N–H and O–H groups in total. The smallest absolute Gasteiger partial charge is 0.254 e. The fourth-order valence-corrected chi connectivity index (χ4v) is 1.87. The van der Waals surface area contributed by atoms with E-state index in [0.717, 1.165) is 0 Å². The lowest BCUT2D eigenvalue weighted by atomic mass is 10.1. The number of carbonyl (C=O) groups excluding carboxylic acids is 2. The van der Waals surface area contributed by atoms with Crippen LogP contribution in [0, 0.1) is 0 Å². The predicted octanol–water partition coefficient (Wildman–Crippen LogP) is 1.53. The first-order valence-corrected chi connectivity index (χ1v) is 5.86. The molecule has 1 aliphatic rings. The van der Waals surface area contributed by atoms with E-state index in [2.05, 4.69) is 6.58 Å². The van der Waals surface area contributed by atoms with Crippen LogP contribution in [0.1, 0.15) is 20.7 Å². The number of nitrogens with zero attached hydrogens (tertiary/aromatic N) is 1. The van der Waals surface area contributed by atoms with E-state index in [1.54, 1.807) is 29.2 Å². The molecule has 18 heavy (non-hydrogen) atoms. The molecule has 4 nitrogen and oxygen atoms in total. The monoisotopic (exact) mass is 245 g/mol. The molecule has 0 radical (unpaired) electrons. The van der Waals surface area contributed by atoms with Gasteiger partial charge in [0.25, 0.3) is 5.91 Å². The van der Waals surface area contributed by atoms with Gasteiger partial charge in [-0.3, -0.25) is 9.59 Å². The average Bonchev–Trinajstić information content (AvgIpc) is 2.46. The van der Waals surface area contributed by atoms with Crippen LogP contribution in [-0.2, 0) is 4.74 Å². The number of hydrogen-bond donors (Lipinski definition) is 0. The maximum absolute atomic E-state index is 12.2. The Morgan fingerprint density at radius 1 is 1.22 bits per heavy atom. The lowest BCUT2D eigenvalue weighted by molar-refractivity contribution is 0.0303. The van der Waals surface area contributed by atoms with Crippen LogP contribution in [0.5, 0.6) is 0 Å². The molecule has 0 bridgehead atoms. The van der Waals surface area contributed by atoms with E-state index in [-0.39, 0.29) is 11.7 Å². The van der Waals surface area contributed by atoms with Crippen molar-refractivity contribution in [3.05, 3.63) is 48.0 Å². The minimum Gasteiger partial charge on any atom is -0.378 e. The molecule has 4 heteroatoms. The number of ether oxygens (including phenoxy) is 1. The molecule has 0 unspecified atom stereocenters. The van der Waals surface area contributed by atoms with E-state index < -0.39 is 0 Å². The van der Waals surface area contributed by atoms with Crippen LogP contribution in [0.3, 0.4) is 0 Å². The topological polar surface area (TPSA) is 46.6 Å². The van der Waals surface area contributed by atoms with Crippen molar-refractivity contribution in [2.75, 3.05) is 26.3 Å². The summed E-state index contributed by atoms with van der Waals surface area (Å²) in [6.45, 7) is 5.76. The van der Waals surface area contributed by atoms with Crippen LogP contribution in [0.25, 0.3) is 0 Å². The zero-order valence-electron chi connectivity index (χ0n) is 10.1. The van der Waals surface area contributed by atoms with Crippen molar-refractivity contribution in [3.63, 3.8) is 0 Å². The first kappa shape index (κ1) is 12.5. The maximum Gasteiger partial charge on any atom is 0.254 e. The Morgan fingerprint density at radius 3 is 2.56 bits per heavy atom. The molecule has 0 atom stereocenters. The number of benzene rings is 1. The average molecular weight is 245 g/mol. The molecule has 0 spiro atoms. The van der Waals surface area contributed by atoms with Crippen LogP contribution in [0.4, 0.5) is 0 Å². The molecule has 94 valence electrons. The summed E-state index contributed by atoms with van der Waals surface area (Å²) < 4.78 is 5.20. The van der Waals surface area contributed by atoms with Gasteiger partial charge in [-0.15, -0.1) is 0 Å². The molecule has 0 saturated carbocycles. The molecule has 1 heterocycles. The Bertz CT molecular complexity index is 476. The van der Waals surface area contributed by atoms with Crippen LogP contribution >= 0.6 is 0 Å². The van der Waals surface area contributed by atoms with Crippen molar-refractivity contribution < 1.29 is 14.3 Å². The zero-order chi connectivity index (χ0) is 13.0. The third-order valence-corrected chi connectivity index (χ3v) is 2.88. The fraction of sp³-hybridized carbons (Fsp3) is 0.286. The lowest BCUT2D eigenvalue weighted by Crippen LogP contribution is -2.40. The number of allylic oxidation sites excluding steroid dienone is 1. The van der Waals surface area contributed by atoms with E-state index in [1.165, 1.54) is 6.08 Å². The van der Waals surface area contributed by atoms with Gasteiger partial charge in [0, 0.05) is 24.2 Å². The summed E-state index contributed by atoms with van der Waals surface area (Å²) >= 11 is 0. The number of ketones is 1. The first-order valence-electron chi connectivity index (χ1n) is 5.86. The summed E-state index contributed by atoms with van der Waals surface area (Å²) in [5, 5.41) is 0. The quantitative estimate of drug-likeness (QED) is 0.599. The predicted molar refractivity (Wildman–Crippen MR) is 67.7 cm³/mol. The summed E-state index contributed by atoms with van der Waals surface area (Å²) in [5.74, 6) is -0.233. The molecular formula is C14H15NO3. The highest BCUT2D eigenvalue weighted by Crippen LogP contribution is 2.11. The van der Waals surface area contributed by atoms with E-state index in [9.17, 15) is 9.59 Å². The van der Waals surface area contributed by atoms with Crippen molar-refractivity contribution >= 4 is 11.7 Å². The molecule has 1 amide bonds. The molecule has 1 fully saturated rings. The highest BCUT2D eigenvalue weighted by molar-refractivity contribution is 6.06. The molecular weight excluding hydrogens is 230 g/mol. The maximum atomic E-state index is 12.2. The van der Waals surface area contributed by atoms with Gasteiger partial charge in [0.15, 0.2) is 5.78 Å². The normalized spacial score (nSPS) is 15.2. The van der Waals surface area contributed by atoms with E-state index >= 15 is 0 Å². The molecule has 2 rings (SSSR count). The highest BCUT2D eigenvalue weighted by atomic mass is 16.5. The number of amides is 1. The summed E-state index contributed by atoms with van der Waals surface area (Å²) in [5.41, 5.74) is 1.02. The highest BCUT2D eigenvalue weighted by Gasteiger charge is 2.18. The van der Waals surface area contributed by atoms with Crippen LogP contribution in [0.15, 0.2) is 36.9 Å². The lowest BCUT2D eigenvalue weighted by Gasteiger charge is -2.26. The second-order valence-corrected chi connectivity index (χ2v) is 4.05. The van der Waals surface area contributed by atoms with Crippen molar-refractivity contribution in [1.82, 2.24) is 4.90 Å². The van der Waals surface area contributed by atoms with E-state index in [0.29, 0.717) is 37.4 Å². The summed E-state index contributed by atoms with van der Waals surface area (Å²) in [4.78, 5) is 25.4. The number of carbonyl (C=O) groups is 2. The van der Waals surface area contributed by atoms with Crippen molar-refractivity contribution in [1.29, 1.82) is 0 Å². The standard InChI is InChI=1S/C14H15NO3/c1-2-13(16)11-4-3-5-12(10-11)14(17)15-6-8-18-9-7-15/h2-5,10H,1,6-9H2. The number of morpholine rings is 1. The van der Waals surface area contributed by atoms with Gasteiger partial charge in [-0.2, -0.15) is 0 Å². The second kappa shape index (κ2) is 5.60. The van der Waals surface area contributed by atoms with Gasteiger partial charge in [-0.25, -0.2) is 0 Å². The fourth-order valence-electron chi connectivity index (χ4n) is 1.87. The second-order valence-electron chi connectivity index (χ2n) is 4.05. The van der Waals surface area contributed by atoms with Crippen molar-refractivity contribution in [2.24, 2.45) is 0 Å². The molecule has 1 saturated heterocycles. The largest absolute Gasteiger partial charge is 0.378 e. The van der Waals surface area contributed by atoms with Gasteiger partial charge in [0.1, 0.15) is 0 Å². The molecule has 1 aliphatic heterocycles. The van der Waals surface area contributed by atoms with Crippen molar-refractivity contribution in [3.8, 4) is 0 Å². The Kier molecular flexibility index (Phi) is 3.89. The Hall–Kier alpha value is -1.94. The van der Waals surface area contributed by atoms with Gasteiger partial charge in [-0.1, -0.05) is 18.7 Å². The SMILES string of the molecule is C=CC(=O)c1cccc(C(=O)N2CCOCC2)c1. The van der Waals surface area contributed by atoms with Crippen LogP contribution < -0.4 is 0 Å². The number of hydrogen-bond acceptors (Lipinski definition) is 3. The number of rotatable bonds is 3. The minimum atomic E-state index is -0.174. The van der Waals surface area contributed by atoms with E-state index in [4.69, 9.17) is 4.74 Å². The minimum absolute atomic E-state index is 0.0583. The molecule has 1 aromatic carbocycles. The van der Waals surface area contributed by atoms with Gasteiger partial charge in [0.2, 0.25) is 0 Å². The first-order chi connectivity index (χ1) is 8.72. The van der Waals surface area contributed by atoms with Crippen molar-refractivity contribution in [2.45, 2.75) is 0 Å². The van der Waals surface area contributed by atoms with Crippen LogP contribution in [-0.4, -0.2) is 42.9 Å². The van der Waals surface area contributed by atoms with Gasteiger partial charge in [0.05, 0.1) is 13.2 Å². The summed E-state index contributed by atoms with van der Waals surface area (Å²) in [6.07, 6.45) is 1.25. The Morgan fingerprint density at radius 2 is 1.89 bits per heavy atom. The zero-order valence-corrected chi connectivity index (χ0v) is 10.1. The van der Waals surface area contributed by atoms with Gasteiger partial charge >= 0.3 is 0 Å². The Balaban J connectivity index is 2.19. The summed E-state index contributed by atoms with van der Waals surface area (Å²) in [7, 11) is 0. The van der Waals surface area contributed by atoms with Gasteiger partial charge in [-0.05, 0) is 18.2 Å². The molecule has 1 aromatic rings. The Labute approximate surface area is 106 Å². The van der Waals surface area contributed by atoms with Gasteiger partial charge < -0.3 is 9.64 Å².